The van der Waals surface area contributed by atoms with Crippen LogP contribution in [0.15, 0.2) is 30.5 Å². The van der Waals surface area contributed by atoms with Crippen molar-refractivity contribution in [3.63, 3.8) is 0 Å². The molecule has 0 amide bonds. The number of hydrogen-bond acceptors (Lipinski definition) is 5. The minimum Gasteiger partial charge on any atom is -0.350 e. The van der Waals surface area contributed by atoms with Gasteiger partial charge >= 0.3 is 0 Å². The number of aromatic nitrogens is 3. The van der Waals surface area contributed by atoms with Gasteiger partial charge < -0.3 is 4.90 Å². The number of aryl methyl sites for hydroxylation is 2. The summed E-state index contributed by atoms with van der Waals surface area (Å²) in [6.07, 6.45) is 2.45. The first-order chi connectivity index (χ1) is 13.5. The third-order valence-electron chi connectivity index (χ3n) is 4.99. The van der Waals surface area contributed by atoms with Gasteiger partial charge in [0.25, 0.3) is 0 Å². The second-order valence-electron chi connectivity index (χ2n) is 6.93. The number of hydrogen-bond donors (Lipinski definition) is 0. The van der Waals surface area contributed by atoms with Crippen LogP contribution >= 0.6 is 0 Å². The molecule has 7 heteroatoms. The molecule has 2 aromatic heterocycles. The van der Waals surface area contributed by atoms with Gasteiger partial charge in [-0.25, -0.2) is 8.78 Å². The van der Waals surface area contributed by atoms with Crippen molar-refractivity contribution in [2.24, 2.45) is 0 Å². The van der Waals surface area contributed by atoms with Crippen molar-refractivity contribution in [2.75, 3.05) is 11.4 Å². The third kappa shape index (κ3) is 3.18. The average molecular weight is 377 g/mol. The Morgan fingerprint density at radius 3 is 2.57 bits per heavy atom. The molecule has 1 aliphatic rings. The fraction of sp³-hybridized carbons (Fsp3) is 0.238. The molecular formula is C21H17F2N5. The standard InChI is InChI=1S/C21H17F2N5/c1-12-6-18(22)19(23)8-17(12)14-7-15-11-28(4-3-20(15)25-10-14)21-13(2)5-16(9-24)26-27-21/h5-8,10H,3-4,11H2,1-2H3. The Bertz CT molecular complexity index is 1120. The maximum absolute atomic E-state index is 13.7. The molecule has 3 heterocycles. The number of nitriles is 1. The van der Waals surface area contributed by atoms with Crippen LogP contribution in [-0.2, 0) is 13.0 Å². The lowest BCUT2D eigenvalue weighted by molar-refractivity contribution is 0.508. The van der Waals surface area contributed by atoms with Crippen LogP contribution in [0.4, 0.5) is 14.6 Å². The Labute approximate surface area is 161 Å². The molecule has 140 valence electrons. The molecule has 5 nitrogen and oxygen atoms in total. The summed E-state index contributed by atoms with van der Waals surface area (Å²) in [5, 5.41) is 17.1. The smallest absolute Gasteiger partial charge is 0.163 e. The highest BCUT2D eigenvalue weighted by molar-refractivity contribution is 5.68. The number of nitrogens with zero attached hydrogens (tertiary/aromatic N) is 5. The molecular weight excluding hydrogens is 360 g/mol. The molecule has 0 bridgehead atoms. The van der Waals surface area contributed by atoms with E-state index in [9.17, 15) is 8.78 Å². The molecule has 1 aliphatic heterocycles. The fourth-order valence-electron chi connectivity index (χ4n) is 3.56. The lowest BCUT2D eigenvalue weighted by Crippen LogP contribution is -2.32. The summed E-state index contributed by atoms with van der Waals surface area (Å²) in [5.74, 6) is -0.990. The van der Waals surface area contributed by atoms with Gasteiger partial charge in [0.15, 0.2) is 23.1 Å². The number of anilines is 1. The zero-order chi connectivity index (χ0) is 19.8. The van der Waals surface area contributed by atoms with Crippen LogP contribution in [0.3, 0.4) is 0 Å². The van der Waals surface area contributed by atoms with E-state index in [0.29, 0.717) is 17.7 Å². The number of fused-ring (bicyclic) bond motifs is 1. The lowest BCUT2D eigenvalue weighted by atomic mass is 9.97. The molecule has 0 atom stereocenters. The summed E-state index contributed by atoms with van der Waals surface area (Å²) >= 11 is 0. The van der Waals surface area contributed by atoms with Gasteiger partial charge in [-0.15, -0.1) is 10.2 Å². The summed E-state index contributed by atoms with van der Waals surface area (Å²) in [7, 11) is 0. The largest absolute Gasteiger partial charge is 0.350 e. The highest BCUT2D eigenvalue weighted by atomic mass is 19.2. The van der Waals surface area contributed by atoms with Crippen molar-refractivity contribution in [2.45, 2.75) is 26.8 Å². The molecule has 4 rings (SSSR count). The predicted octanol–water partition coefficient (Wildman–Crippen LogP) is 3.87. The topological polar surface area (TPSA) is 65.7 Å². The van der Waals surface area contributed by atoms with Crippen molar-refractivity contribution in [1.29, 1.82) is 5.26 Å². The Hall–Kier alpha value is -3.40. The maximum Gasteiger partial charge on any atom is 0.163 e. The summed E-state index contributed by atoms with van der Waals surface area (Å²) in [6, 6.07) is 8.10. The zero-order valence-electron chi connectivity index (χ0n) is 15.5. The number of halogens is 2. The second kappa shape index (κ2) is 6.97. The highest BCUT2D eigenvalue weighted by Gasteiger charge is 2.21. The third-order valence-corrected chi connectivity index (χ3v) is 4.99. The first-order valence-electron chi connectivity index (χ1n) is 8.89. The first-order valence-corrected chi connectivity index (χ1v) is 8.89. The molecule has 0 fully saturated rings. The van der Waals surface area contributed by atoms with E-state index in [0.717, 1.165) is 41.2 Å². The van der Waals surface area contributed by atoms with Gasteiger partial charge in [-0.3, -0.25) is 4.98 Å². The van der Waals surface area contributed by atoms with Crippen LogP contribution in [0.1, 0.15) is 28.1 Å². The van der Waals surface area contributed by atoms with Gasteiger partial charge in [0.1, 0.15) is 6.07 Å². The minimum atomic E-state index is -0.872. The molecule has 0 saturated carbocycles. The minimum absolute atomic E-state index is 0.288. The summed E-state index contributed by atoms with van der Waals surface area (Å²) in [4.78, 5) is 6.64. The van der Waals surface area contributed by atoms with Crippen molar-refractivity contribution in [3.8, 4) is 17.2 Å². The van der Waals surface area contributed by atoms with E-state index in [1.165, 1.54) is 12.1 Å². The fourth-order valence-corrected chi connectivity index (χ4v) is 3.56. The van der Waals surface area contributed by atoms with E-state index in [2.05, 4.69) is 20.1 Å². The Balaban J connectivity index is 1.69. The molecule has 0 radical (unpaired) electrons. The highest BCUT2D eigenvalue weighted by Crippen LogP contribution is 2.30. The molecule has 28 heavy (non-hydrogen) atoms. The summed E-state index contributed by atoms with van der Waals surface area (Å²) in [5.41, 5.74) is 5.20. The van der Waals surface area contributed by atoms with Crippen molar-refractivity contribution < 1.29 is 8.78 Å². The second-order valence-corrected chi connectivity index (χ2v) is 6.93. The predicted molar refractivity (Wildman–Crippen MR) is 101 cm³/mol. The Kier molecular flexibility index (Phi) is 4.47. The van der Waals surface area contributed by atoms with Gasteiger partial charge in [0, 0.05) is 37.0 Å². The molecule has 0 unspecified atom stereocenters. The van der Waals surface area contributed by atoms with Crippen LogP contribution in [0, 0.1) is 36.8 Å². The van der Waals surface area contributed by atoms with Gasteiger partial charge in [0.2, 0.25) is 0 Å². The van der Waals surface area contributed by atoms with E-state index >= 15 is 0 Å². The molecule has 1 aromatic carbocycles. The molecule has 0 saturated heterocycles. The SMILES string of the molecule is Cc1cc(F)c(F)cc1-c1cnc2c(c1)CN(c1nnc(C#N)cc1C)CC2. The maximum atomic E-state index is 13.7. The molecule has 0 spiro atoms. The molecule has 0 aliphatic carbocycles. The summed E-state index contributed by atoms with van der Waals surface area (Å²) in [6.45, 7) is 4.98. The lowest BCUT2D eigenvalue weighted by Gasteiger charge is -2.30. The number of rotatable bonds is 2. The molecule has 0 N–H and O–H groups in total. The van der Waals surface area contributed by atoms with E-state index in [1.807, 2.05) is 19.1 Å². The van der Waals surface area contributed by atoms with Gasteiger partial charge in [-0.1, -0.05) is 0 Å². The van der Waals surface area contributed by atoms with Gasteiger partial charge in [0.05, 0.1) is 0 Å². The molecule has 3 aromatic rings. The monoisotopic (exact) mass is 377 g/mol. The first kappa shape index (κ1) is 18.0. The van der Waals surface area contributed by atoms with E-state index in [4.69, 9.17) is 5.26 Å². The Morgan fingerprint density at radius 2 is 1.82 bits per heavy atom. The van der Waals surface area contributed by atoms with Crippen LogP contribution in [-0.4, -0.2) is 21.7 Å². The summed E-state index contributed by atoms with van der Waals surface area (Å²) < 4.78 is 27.2. The van der Waals surface area contributed by atoms with Crippen LogP contribution < -0.4 is 4.90 Å². The van der Waals surface area contributed by atoms with Crippen LogP contribution in [0.2, 0.25) is 0 Å². The van der Waals surface area contributed by atoms with Crippen molar-refractivity contribution in [1.82, 2.24) is 15.2 Å². The zero-order valence-corrected chi connectivity index (χ0v) is 15.5. The van der Waals surface area contributed by atoms with Crippen molar-refractivity contribution >= 4 is 5.82 Å². The van der Waals surface area contributed by atoms with Gasteiger partial charge in [-0.05, 0) is 60.4 Å². The normalized spacial score (nSPS) is 13.2. The van der Waals surface area contributed by atoms with E-state index in [1.54, 1.807) is 19.2 Å². The van der Waals surface area contributed by atoms with Gasteiger partial charge in [-0.2, -0.15) is 5.26 Å². The number of pyridine rings is 1. The van der Waals surface area contributed by atoms with E-state index in [-0.39, 0.29) is 5.69 Å². The number of benzene rings is 1. The van der Waals surface area contributed by atoms with E-state index < -0.39 is 11.6 Å². The van der Waals surface area contributed by atoms with Crippen LogP contribution in [0.5, 0.6) is 0 Å². The average Bonchev–Trinajstić information content (AvgIpc) is 2.69. The van der Waals surface area contributed by atoms with Crippen LogP contribution in [0.25, 0.3) is 11.1 Å². The Morgan fingerprint density at radius 1 is 1.04 bits per heavy atom. The quantitative estimate of drug-likeness (QED) is 0.678. The van der Waals surface area contributed by atoms with Crippen molar-refractivity contribution in [3.05, 3.63) is 70.2 Å².